The summed E-state index contributed by atoms with van der Waals surface area (Å²) in [4.78, 5) is 14.3. The molecule has 0 aliphatic rings. The SMILES string of the molecule is CC(C)CC(CN(C)C)NC(=O)c1cc(N)cc(Cl)c1. The summed E-state index contributed by atoms with van der Waals surface area (Å²) in [6.07, 6.45) is 0.931. The maximum absolute atomic E-state index is 12.3. The van der Waals surface area contributed by atoms with Crippen molar-refractivity contribution in [2.75, 3.05) is 26.4 Å². The van der Waals surface area contributed by atoms with Gasteiger partial charge in [0.15, 0.2) is 0 Å². The quantitative estimate of drug-likeness (QED) is 0.794. The number of halogens is 1. The lowest BCUT2D eigenvalue weighted by Gasteiger charge is -2.24. The van der Waals surface area contributed by atoms with Crippen LogP contribution in [0.4, 0.5) is 5.69 Å². The monoisotopic (exact) mass is 297 g/mol. The first-order valence-electron chi connectivity index (χ1n) is 6.79. The van der Waals surface area contributed by atoms with Gasteiger partial charge in [0, 0.05) is 28.9 Å². The van der Waals surface area contributed by atoms with Gasteiger partial charge >= 0.3 is 0 Å². The molecule has 0 aliphatic carbocycles. The second kappa shape index (κ2) is 7.50. The molecule has 0 fully saturated rings. The number of hydrogen-bond acceptors (Lipinski definition) is 3. The first-order chi connectivity index (χ1) is 9.27. The Bertz CT molecular complexity index is 430. The van der Waals surface area contributed by atoms with Crippen molar-refractivity contribution in [1.29, 1.82) is 0 Å². The van der Waals surface area contributed by atoms with Gasteiger partial charge in [-0.05, 0) is 44.6 Å². The summed E-state index contributed by atoms with van der Waals surface area (Å²) in [6.45, 7) is 5.10. The largest absolute Gasteiger partial charge is 0.399 e. The van der Waals surface area contributed by atoms with E-state index in [1.54, 1.807) is 18.2 Å². The molecule has 20 heavy (non-hydrogen) atoms. The van der Waals surface area contributed by atoms with Crippen LogP contribution in [0.3, 0.4) is 0 Å². The molecule has 0 bridgehead atoms. The highest BCUT2D eigenvalue weighted by Crippen LogP contribution is 2.17. The zero-order valence-corrected chi connectivity index (χ0v) is 13.4. The molecule has 0 saturated carbocycles. The van der Waals surface area contributed by atoms with Gasteiger partial charge in [0.2, 0.25) is 0 Å². The molecule has 3 N–H and O–H groups in total. The Balaban J connectivity index is 2.78. The number of carbonyl (C=O) groups excluding carboxylic acids is 1. The molecule has 1 aromatic rings. The summed E-state index contributed by atoms with van der Waals surface area (Å²) in [5.74, 6) is 0.386. The number of nitrogens with two attached hydrogens (primary N) is 1. The van der Waals surface area contributed by atoms with Crippen molar-refractivity contribution in [2.45, 2.75) is 26.3 Å². The average molecular weight is 298 g/mol. The van der Waals surface area contributed by atoms with Gasteiger partial charge in [-0.3, -0.25) is 4.79 Å². The number of hydrogen-bond donors (Lipinski definition) is 2. The Morgan fingerprint density at radius 3 is 2.50 bits per heavy atom. The van der Waals surface area contributed by atoms with Crippen molar-refractivity contribution in [3.63, 3.8) is 0 Å². The fraction of sp³-hybridized carbons (Fsp3) is 0.533. The third kappa shape index (κ3) is 5.80. The maximum atomic E-state index is 12.3. The first kappa shape index (κ1) is 16.8. The third-order valence-corrected chi connectivity index (χ3v) is 3.08. The van der Waals surface area contributed by atoms with Crippen LogP contribution in [0.1, 0.15) is 30.6 Å². The summed E-state index contributed by atoms with van der Waals surface area (Å²) in [5, 5.41) is 3.53. The van der Waals surface area contributed by atoms with Crippen LogP contribution in [0.15, 0.2) is 18.2 Å². The second-order valence-electron chi connectivity index (χ2n) is 5.84. The average Bonchev–Trinajstić information content (AvgIpc) is 2.25. The van der Waals surface area contributed by atoms with E-state index < -0.39 is 0 Å². The summed E-state index contributed by atoms with van der Waals surface area (Å²) < 4.78 is 0. The minimum absolute atomic E-state index is 0.109. The summed E-state index contributed by atoms with van der Waals surface area (Å²) in [6, 6.07) is 5.01. The van der Waals surface area contributed by atoms with Crippen LogP contribution < -0.4 is 11.1 Å². The summed E-state index contributed by atoms with van der Waals surface area (Å²) in [7, 11) is 3.99. The fourth-order valence-corrected chi connectivity index (χ4v) is 2.44. The molecule has 1 unspecified atom stereocenters. The molecule has 4 nitrogen and oxygen atoms in total. The van der Waals surface area contributed by atoms with Crippen LogP contribution >= 0.6 is 11.6 Å². The van der Waals surface area contributed by atoms with E-state index >= 15 is 0 Å². The predicted octanol–water partition coefficient (Wildman–Crippen LogP) is 2.63. The highest BCUT2D eigenvalue weighted by Gasteiger charge is 2.16. The molecule has 0 aliphatic heterocycles. The molecule has 0 saturated heterocycles. The van der Waals surface area contributed by atoms with E-state index in [0.29, 0.717) is 22.2 Å². The van der Waals surface area contributed by atoms with Crippen molar-refractivity contribution < 1.29 is 4.79 Å². The Morgan fingerprint density at radius 1 is 1.35 bits per heavy atom. The normalized spacial score (nSPS) is 12.8. The van der Waals surface area contributed by atoms with E-state index in [2.05, 4.69) is 24.1 Å². The van der Waals surface area contributed by atoms with Gasteiger partial charge in [0.25, 0.3) is 5.91 Å². The number of nitrogen functional groups attached to an aromatic ring is 1. The molecule has 0 aromatic heterocycles. The molecule has 112 valence electrons. The molecule has 0 radical (unpaired) electrons. The number of benzene rings is 1. The lowest BCUT2D eigenvalue weighted by molar-refractivity contribution is 0.0924. The van der Waals surface area contributed by atoms with Gasteiger partial charge in [-0.25, -0.2) is 0 Å². The van der Waals surface area contributed by atoms with Crippen LogP contribution in [0.5, 0.6) is 0 Å². The van der Waals surface area contributed by atoms with Crippen LogP contribution in [-0.2, 0) is 0 Å². The van der Waals surface area contributed by atoms with Crippen LogP contribution in [0, 0.1) is 5.92 Å². The van der Waals surface area contributed by atoms with Crippen molar-refractivity contribution in [3.05, 3.63) is 28.8 Å². The molecular weight excluding hydrogens is 274 g/mol. The van der Waals surface area contributed by atoms with Crippen molar-refractivity contribution in [2.24, 2.45) is 5.92 Å². The summed E-state index contributed by atoms with van der Waals surface area (Å²) >= 11 is 5.93. The molecule has 0 spiro atoms. The van der Waals surface area contributed by atoms with Gasteiger partial charge in [-0.1, -0.05) is 25.4 Å². The Morgan fingerprint density at radius 2 is 2.00 bits per heavy atom. The van der Waals surface area contributed by atoms with Crippen molar-refractivity contribution in [1.82, 2.24) is 10.2 Å². The molecular formula is C15H24ClN3O. The van der Waals surface area contributed by atoms with Gasteiger partial charge in [0.1, 0.15) is 0 Å². The second-order valence-corrected chi connectivity index (χ2v) is 6.27. The first-order valence-corrected chi connectivity index (χ1v) is 7.17. The van der Waals surface area contributed by atoms with E-state index in [4.69, 9.17) is 17.3 Å². The minimum atomic E-state index is -0.133. The zero-order valence-electron chi connectivity index (χ0n) is 12.6. The van der Waals surface area contributed by atoms with E-state index in [1.807, 2.05) is 14.1 Å². The Kier molecular flexibility index (Phi) is 6.30. The molecule has 1 atom stereocenters. The Hall–Kier alpha value is -1.26. The van der Waals surface area contributed by atoms with Gasteiger partial charge < -0.3 is 16.0 Å². The third-order valence-electron chi connectivity index (χ3n) is 2.86. The van der Waals surface area contributed by atoms with Crippen molar-refractivity contribution in [3.8, 4) is 0 Å². The van der Waals surface area contributed by atoms with E-state index in [1.165, 1.54) is 0 Å². The van der Waals surface area contributed by atoms with Gasteiger partial charge in [0.05, 0.1) is 0 Å². The number of likely N-dealkylation sites (N-methyl/N-ethyl adjacent to an activating group) is 1. The molecule has 0 heterocycles. The lowest BCUT2D eigenvalue weighted by atomic mass is 10.0. The Labute approximate surface area is 126 Å². The number of amides is 1. The standard InChI is InChI=1S/C15H24ClN3O/c1-10(2)5-14(9-19(3)4)18-15(20)11-6-12(16)8-13(17)7-11/h6-8,10,14H,5,9,17H2,1-4H3,(H,18,20). The maximum Gasteiger partial charge on any atom is 0.251 e. The molecule has 5 heteroatoms. The molecule has 1 amide bonds. The highest BCUT2D eigenvalue weighted by molar-refractivity contribution is 6.31. The lowest BCUT2D eigenvalue weighted by Crippen LogP contribution is -2.42. The van der Waals surface area contributed by atoms with Crippen LogP contribution in [0.25, 0.3) is 0 Å². The van der Waals surface area contributed by atoms with Crippen molar-refractivity contribution >= 4 is 23.2 Å². The predicted molar refractivity (Wildman–Crippen MR) is 85.1 cm³/mol. The number of nitrogens with zero attached hydrogens (tertiary/aromatic N) is 1. The summed E-state index contributed by atoms with van der Waals surface area (Å²) in [5.41, 5.74) is 6.72. The van der Waals surface area contributed by atoms with Crippen LogP contribution in [0.2, 0.25) is 5.02 Å². The smallest absolute Gasteiger partial charge is 0.251 e. The molecule has 1 rings (SSSR count). The van der Waals surface area contributed by atoms with Crippen LogP contribution in [-0.4, -0.2) is 37.5 Å². The van der Waals surface area contributed by atoms with E-state index in [-0.39, 0.29) is 11.9 Å². The van der Waals surface area contributed by atoms with Gasteiger partial charge in [-0.15, -0.1) is 0 Å². The zero-order chi connectivity index (χ0) is 15.3. The number of rotatable bonds is 6. The molecule has 1 aromatic carbocycles. The van der Waals surface area contributed by atoms with E-state index in [0.717, 1.165) is 13.0 Å². The van der Waals surface area contributed by atoms with Gasteiger partial charge in [-0.2, -0.15) is 0 Å². The fourth-order valence-electron chi connectivity index (χ4n) is 2.20. The number of nitrogens with one attached hydrogen (secondary N) is 1. The number of anilines is 1. The minimum Gasteiger partial charge on any atom is -0.399 e. The highest BCUT2D eigenvalue weighted by atomic mass is 35.5. The van der Waals surface area contributed by atoms with E-state index in [9.17, 15) is 4.79 Å². The number of carbonyl (C=O) groups is 1. The topological polar surface area (TPSA) is 58.4 Å².